The van der Waals surface area contributed by atoms with Crippen molar-refractivity contribution in [2.45, 2.75) is 51.8 Å². The van der Waals surface area contributed by atoms with Gasteiger partial charge in [-0.2, -0.15) is 0 Å². The third-order valence-corrected chi connectivity index (χ3v) is 4.98. The monoisotopic (exact) mass is 240 g/mol. The lowest BCUT2D eigenvalue weighted by Gasteiger charge is -2.31. The highest BCUT2D eigenvalue weighted by Gasteiger charge is 2.46. The van der Waals surface area contributed by atoms with Crippen LogP contribution in [-0.4, -0.2) is 60.3 Å². The maximum Gasteiger partial charge on any atom is 0.0746 e. The van der Waals surface area contributed by atoms with Crippen LogP contribution in [-0.2, 0) is 0 Å². The number of aliphatic hydroxyl groups is 1. The molecule has 4 unspecified atom stereocenters. The van der Waals surface area contributed by atoms with Crippen molar-refractivity contribution in [2.75, 3.05) is 27.2 Å². The van der Waals surface area contributed by atoms with Gasteiger partial charge in [-0.15, -0.1) is 0 Å². The molecule has 0 aromatic heterocycles. The van der Waals surface area contributed by atoms with Crippen LogP contribution >= 0.6 is 0 Å². The van der Waals surface area contributed by atoms with E-state index in [1.54, 1.807) is 0 Å². The molecule has 1 heterocycles. The van der Waals surface area contributed by atoms with E-state index in [1.165, 1.54) is 0 Å². The van der Waals surface area contributed by atoms with E-state index < -0.39 is 0 Å². The fourth-order valence-corrected chi connectivity index (χ4v) is 3.66. The summed E-state index contributed by atoms with van der Waals surface area (Å²) in [5.74, 6) is 0.709. The van der Waals surface area contributed by atoms with Crippen LogP contribution in [0.15, 0.2) is 0 Å². The van der Waals surface area contributed by atoms with Crippen LogP contribution in [0.5, 0.6) is 0 Å². The summed E-state index contributed by atoms with van der Waals surface area (Å²) >= 11 is 0. The summed E-state index contributed by atoms with van der Waals surface area (Å²) in [4.78, 5) is 4.85. The van der Waals surface area contributed by atoms with Crippen molar-refractivity contribution in [3.05, 3.63) is 0 Å². The van der Waals surface area contributed by atoms with E-state index in [4.69, 9.17) is 0 Å². The summed E-state index contributed by atoms with van der Waals surface area (Å²) < 4.78 is 0. The van der Waals surface area contributed by atoms with Gasteiger partial charge in [-0.25, -0.2) is 0 Å². The smallest absolute Gasteiger partial charge is 0.0746 e. The molecule has 2 rings (SSSR count). The molecule has 1 aliphatic heterocycles. The molecule has 0 aromatic rings. The van der Waals surface area contributed by atoms with Crippen LogP contribution in [0, 0.1) is 11.3 Å². The highest BCUT2D eigenvalue weighted by Crippen LogP contribution is 2.41. The van der Waals surface area contributed by atoms with Crippen LogP contribution in [0.3, 0.4) is 0 Å². The van der Waals surface area contributed by atoms with Crippen molar-refractivity contribution in [3.63, 3.8) is 0 Å². The summed E-state index contributed by atoms with van der Waals surface area (Å²) in [6, 6.07) is 1.03. The second-order valence-corrected chi connectivity index (χ2v) is 7.00. The van der Waals surface area contributed by atoms with Gasteiger partial charge in [-0.3, -0.25) is 4.90 Å². The number of rotatable bonds is 2. The molecule has 0 amide bonds. The second kappa shape index (κ2) is 4.52. The second-order valence-electron chi connectivity index (χ2n) is 7.00. The highest BCUT2D eigenvalue weighted by atomic mass is 16.3. The zero-order valence-corrected chi connectivity index (χ0v) is 12.0. The average Bonchev–Trinajstić information content (AvgIpc) is 2.70. The van der Waals surface area contributed by atoms with Crippen molar-refractivity contribution >= 4 is 0 Å². The summed E-state index contributed by atoms with van der Waals surface area (Å²) in [7, 11) is 4.33. The molecule has 1 saturated heterocycles. The predicted octanol–water partition coefficient (Wildman–Crippen LogP) is 1.42. The number of likely N-dealkylation sites (tertiary alicyclic amines) is 1. The van der Waals surface area contributed by atoms with Gasteiger partial charge in [0.1, 0.15) is 0 Å². The molecule has 2 fully saturated rings. The topological polar surface area (TPSA) is 26.7 Å². The first kappa shape index (κ1) is 13.3. The van der Waals surface area contributed by atoms with E-state index in [9.17, 15) is 5.11 Å². The van der Waals surface area contributed by atoms with Gasteiger partial charge in [-0.1, -0.05) is 20.8 Å². The zero-order chi connectivity index (χ0) is 12.8. The van der Waals surface area contributed by atoms with Crippen molar-refractivity contribution in [1.29, 1.82) is 0 Å². The van der Waals surface area contributed by atoms with Gasteiger partial charge < -0.3 is 10.0 Å². The Hall–Kier alpha value is -0.120. The lowest BCUT2D eigenvalue weighted by molar-refractivity contribution is 0.0203. The first-order chi connectivity index (χ1) is 7.83. The van der Waals surface area contributed by atoms with E-state index in [0.29, 0.717) is 18.0 Å². The lowest BCUT2D eigenvalue weighted by atomic mass is 9.88. The minimum Gasteiger partial charge on any atom is -0.391 e. The normalized spacial score (nSPS) is 42.5. The highest BCUT2D eigenvalue weighted by molar-refractivity contribution is 5.00. The maximum atomic E-state index is 10.4. The number of nitrogens with zero attached hydrogens (tertiary/aromatic N) is 2. The van der Waals surface area contributed by atoms with Crippen LogP contribution in [0.25, 0.3) is 0 Å². The van der Waals surface area contributed by atoms with Crippen LogP contribution in [0.4, 0.5) is 0 Å². The molecule has 0 aromatic carbocycles. The van der Waals surface area contributed by atoms with Gasteiger partial charge in [-0.05, 0) is 38.3 Å². The molecule has 100 valence electrons. The van der Waals surface area contributed by atoms with E-state index in [1.807, 2.05) is 0 Å². The summed E-state index contributed by atoms with van der Waals surface area (Å²) in [5, 5.41) is 10.4. The molecule has 0 spiro atoms. The molecule has 2 aliphatic rings. The molecule has 17 heavy (non-hydrogen) atoms. The maximum absolute atomic E-state index is 10.4. The Balaban J connectivity index is 2.02. The molecule has 3 nitrogen and oxygen atoms in total. The third-order valence-electron chi connectivity index (χ3n) is 4.98. The molecule has 1 saturated carbocycles. The first-order valence-electron chi connectivity index (χ1n) is 6.91. The summed E-state index contributed by atoms with van der Waals surface area (Å²) in [5.41, 5.74) is 0.101. The molecule has 1 N–H and O–H groups in total. The quantitative estimate of drug-likeness (QED) is 0.791. The third kappa shape index (κ3) is 2.38. The molecule has 0 radical (unpaired) electrons. The Morgan fingerprint density at radius 3 is 2.29 bits per heavy atom. The Labute approximate surface area is 106 Å². The van der Waals surface area contributed by atoms with Crippen molar-refractivity contribution in [1.82, 2.24) is 9.80 Å². The van der Waals surface area contributed by atoms with Crippen LogP contribution in [0.1, 0.15) is 33.6 Å². The van der Waals surface area contributed by atoms with Crippen LogP contribution in [0.2, 0.25) is 0 Å². The van der Waals surface area contributed by atoms with Gasteiger partial charge in [0.25, 0.3) is 0 Å². The fourth-order valence-electron chi connectivity index (χ4n) is 3.66. The van der Waals surface area contributed by atoms with Gasteiger partial charge in [0.2, 0.25) is 0 Å². The molecule has 1 aliphatic carbocycles. The van der Waals surface area contributed by atoms with Gasteiger partial charge in [0.05, 0.1) is 6.10 Å². The van der Waals surface area contributed by atoms with Crippen molar-refractivity contribution < 1.29 is 5.11 Å². The number of aliphatic hydroxyl groups excluding tert-OH is 1. The molecular weight excluding hydrogens is 212 g/mol. The minimum absolute atomic E-state index is 0.101. The molecular formula is C14H28N2O. The molecule has 0 bridgehead atoms. The largest absolute Gasteiger partial charge is 0.391 e. The SMILES string of the molecule is CC1CN(C2CCC(C)(C)C2O)CC1N(C)C. The lowest BCUT2D eigenvalue weighted by Crippen LogP contribution is -2.44. The fraction of sp³-hybridized carbons (Fsp3) is 1.00. The van der Waals surface area contributed by atoms with E-state index >= 15 is 0 Å². The van der Waals surface area contributed by atoms with Crippen molar-refractivity contribution in [2.24, 2.45) is 11.3 Å². The van der Waals surface area contributed by atoms with Gasteiger partial charge in [0.15, 0.2) is 0 Å². The van der Waals surface area contributed by atoms with Crippen LogP contribution < -0.4 is 0 Å². The number of hydrogen-bond donors (Lipinski definition) is 1. The van der Waals surface area contributed by atoms with E-state index in [-0.39, 0.29) is 11.5 Å². The summed E-state index contributed by atoms with van der Waals surface area (Å²) in [6.07, 6.45) is 2.15. The average molecular weight is 240 g/mol. The summed E-state index contributed by atoms with van der Waals surface area (Å²) in [6.45, 7) is 8.98. The first-order valence-corrected chi connectivity index (χ1v) is 6.91. The van der Waals surface area contributed by atoms with Gasteiger partial charge >= 0.3 is 0 Å². The van der Waals surface area contributed by atoms with E-state index in [2.05, 4.69) is 44.7 Å². The molecule has 4 atom stereocenters. The Kier molecular flexibility index (Phi) is 3.54. The standard InChI is InChI=1S/C14H28N2O/c1-10-8-16(9-12(10)15(4)5)11-6-7-14(2,3)13(11)17/h10-13,17H,6-9H2,1-5H3. The number of likely N-dealkylation sites (N-methyl/N-ethyl adjacent to an activating group) is 1. The molecule has 3 heteroatoms. The minimum atomic E-state index is -0.157. The van der Waals surface area contributed by atoms with Gasteiger partial charge in [0, 0.05) is 25.2 Å². The predicted molar refractivity (Wildman–Crippen MR) is 71.0 cm³/mol. The Bertz CT molecular complexity index is 277. The van der Waals surface area contributed by atoms with Crippen molar-refractivity contribution in [3.8, 4) is 0 Å². The number of hydrogen-bond acceptors (Lipinski definition) is 3. The Morgan fingerprint density at radius 2 is 1.88 bits per heavy atom. The Morgan fingerprint density at radius 1 is 1.24 bits per heavy atom. The van der Waals surface area contributed by atoms with E-state index in [0.717, 1.165) is 25.9 Å². The zero-order valence-electron chi connectivity index (χ0n) is 12.0.